The largest absolute Gasteiger partial charge is 0.444 e. The van der Waals surface area contributed by atoms with Gasteiger partial charge in [-0.15, -0.1) is 0 Å². The molecule has 4 nitrogen and oxygen atoms in total. The van der Waals surface area contributed by atoms with Gasteiger partial charge in [0.05, 0.1) is 6.04 Å². The Kier molecular flexibility index (Phi) is 4.31. The van der Waals surface area contributed by atoms with Crippen molar-refractivity contribution >= 4 is 6.09 Å². The summed E-state index contributed by atoms with van der Waals surface area (Å²) in [6.07, 6.45) is 6.62. The van der Waals surface area contributed by atoms with E-state index in [1.54, 1.807) is 6.20 Å². The molecule has 0 unspecified atom stereocenters. The first-order valence-electron chi connectivity index (χ1n) is 7.28. The lowest BCUT2D eigenvalue weighted by Gasteiger charge is -2.37. The zero-order valence-electron chi connectivity index (χ0n) is 12.8. The van der Waals surface area contributed by atoms with Gasteiger partial charge >= 0.3 is 6.09 Å². The van der Waals surface area contributed by atoms with Crippen molar-refractivity contribution in [3.8, 4) is 0 Å². The molecule has 1 fully saturated rings. The maximum absolute atomic E-state index is 12.4. The molecule has 110 valence electrons. The second kappa shape index (κ2) is 5.81. The minimum atomic E-state index is -0.452. The van der Waals surface area contributed by atoms with Crippen LogP contribution in [0.4, 0.5) is 4.79 Å². The molecule has 1 aliphatic heterocycles. The molecule has 1 aromatic heterocycles. The monoisotopic (exact) mass is 276 g/mol. The Hall–Kier alpha value is -1.58. The number of likely N-dealkylation sites (tertiary alicyclic amines) is 1. The zero-order chi connectivity index (χ0) is 14.8. The topological polar surface area (TPSA) is 42.4 Å². The molecule has 4 heteroatoms. The van der Waals surface area contributed by atoms with Gasteiger partial charge in [0.25, 0.3) is 0 Å². The molecule has 2 heterocycles. The first kappa shape index (κ1) is 14.8. The van der Waals surface area contributed by atoms with Gasteiger partial charge in [0.2, 0.25) is 0 Å². The van der Waals surface area contributed by atoms with Crippen LogP contribution in [0.1, 0.15) is 57.2 Å². The van der Waals surface area contributed by atoms with Crippen molar-refractivity contribution in [3.63, 3.8) is 0 Å². The Morgan fingerprint density at radius 3 is 2.80 bits per heavy atom. The average Bonchev–Trinajstić information content (AvgIpc) is 2.37. The second-order valence-corrected chi connectivity index (χ2v) is 6.42. The number of aromatic nitrogens is 1. The van der Waals surface area contributed by atoms with Gasteiger partial charge in [0, 0.05) is 18.9 Å². The van der Waals surface area contributed by atoms with Crippen LogP contribution in [0, 0.1) is 6.92 Å². The summed E-state index contributed by atoms with van der Waals surface area (Å²) in [6.45, 7) is 8.52. The summed E-state index contributed by atoms with van der Waals surface area (Å²) in [6, 6.07) is 2.13. The van der Waals surface area contributed by atoms with Crippen LogP contribution in [0.2, 0.25) is 0 Å². The SMILES string of the molecule is Cc1cnccc1[C@@H]1CCCCN1C(=O)OC(C)(C)C. The summed E-state index contributed by atoms with van der Waals surface area (Å²) in [7, 11) is 0. The highest BCUT2D eigenvalue weighted by molar-refractivity contribution is 5.69. The van der Waals surface area contributed by atoms with Gasteiger partial charge in [-0.05, 0) is 64.2 Å². The van der Waals surface area contributed by atoms with Gasteiger partial charge < -0.3 is 9.64 Å². The summed E-state index contributed by atoms with van der Waals surface area (Å²) < 4.78 is 5.54. The minimum Gasteiger partial charge on any atom is -0.444 e. The number of nitrogens with zero attached hydrogens (tertiary/aromatic N) is 2. The van der Waals surface area contributed by atoms with Gasteiger partial charge in [-0.2, -0.15) is 0 Å². The van der Waals surface area contributed by atoms with Crippen LogP contribution in [0.3, 0.4) is 0 Å². The fraction of sp³-hybridized carbons (Fsp3) is 0.625. The molecule has 1 saturated heterocycles. The van der Waals surface area contributed by atoms with Gasteiger partial charge in [0.15, 0.2) is 0 Å². The Labute approximate surface area is 121 Å². The molecule has 2 rings (SSSR count). The number of amides is 1. The highest BCUT2D eigenvalue weighted by atomic mass is 16.6. The normalized spacial score (nSPS) is 19.8. The van der Waals surface area contributed by atoms with E-state index >= 15 is 0 Å². The van der Waals surface area contributed by atoms with E-state index in [4.69, 9.17) is 4.74 Å². The predicted octanol–water partition coefficient (Wildman–Crippen LogP) is 3.85. The molecule has 0 aliphatic carbocycles. The third-order valence-corrected chi connectivity index (χ3v) is 3.55. The molecule has 0 N–H and O–H groups in total. The molecule has 0 radical (unpaired) electrons. The van der Waals surface area contributed by atoms with E-state index < -0.39 is 5.60 Å². The number of rotatable bonds is 1. The van der Waals surface area contributed by atoms with Crippen LogP contribution in [-0.4, -0.2) is 28.1 Å². The maximum Gasteiger partial charge on any atom is 0.410 e. The predicted molar refractivity (Wildman–Crippen MR) is 78.5 cm³/mol. The van der Waals surface area contributed by atoms with E-state index in [-0.39, 0.29) is 12.1 Å². The lowest BCUT2D eigenvalue weighted by Crippen LogP contribution is -2.42. The first-order chi connectivity index (χ1) is 9.38. The molecular formula is C16H24N2O2. The molecular weight excluding hydrogens is 252 g/mol. The summed E-state index contributed by atoms with van der Waals surface area (Å²) in [4.78, 5) is 18.4. The van der Waals surface area contributed by atoms with Crippen LogP contribution in [0.15, 0.2) is 18.5 Å². The van der Waals surface area contributed by atoms with Crippen molar-refractivity contribution < 1.29 is 9.53 Å². The molecule has 1 aromatic rings. The zero-order valence-corrected chi connectivity index (χ0v) is 12.8. The van der Waals surface area contributed by atoms with Gasteiger partial charge in [-0.3, -0.25) is 4.98 Å². The first-order valence-corrected chi connectivity index (χ1v) is 7.28. The highest BCUT2D eigenvalue weighted by Crippen LogP contribution is 2.33. The molecule has 0 spiro atoms. The van der Waals surface area contributed by atoms with E-state index in [2.05, 4.69) is 4.98 Å². The fourth-order valence-electron chi connectivity index (χ4n) is 2.65. The molecule has 1 aliphatic rings. The maximum atomic E-state index is 12.4. The van der Waals surface area contributed by atoms with Crippen molar-refractivity contribution in [2.24, 2.45) is 0 Å². The molecule has 20 heavy (non-hydrogen) atoms. The third kappa shape index (κ3) is 3.50. The molecule has 1 atom stereocenters. The van der Waals surface area contributed by atoms with E-state index in [0.29, 0.717) is 0 Å². The van der Waals surface area contributed by atoms with Crippen molar-refractivity contribution in [3.05, 3.63) is 29.6 Å². The van der Waals surface area contributed by atoms with Crippen LogP contribution < -0.4 is 0 Å². The van der Waals surface area contributed by atoms with E-state index in [1.165, 1.54) is 5.56 Å². The fourth-order valence-corrected chi connectivity index (χ4v) is 2.65. The number of hydrogen-bond donors (Lipinski definition) is 0. The minimum absolute atomic E-state index is 0.113. The van der Waals surface area contributed by atoms with Crippen molar-refractivity contribution in [1.82, 2.24) is 9.88 Å². The third-order valence-electron chi connectivity index (χ3n) is 3.55. The van der Waals surface area contributed by atoms with E-state index in [9.17, 15) is 4.79 Å². The van der Waals surface area contributed by atoms with Gasteiger partial charge in [-0.1, -0.05) is 0 Å². The van der Waals surface area contributed by atoms with Crippen molar-refractivity contribution in [1.29, 1.82) is 0 Å². The quantitative estimate of drug-likeness (QED) is 0.782. The number of carbonyl (C=O) groups is 1. The van der Waals surface area contributed by atoms with Crippen molar-refractivity contribution in [2.45, 2.75) is 58.6 Å². The van der Waals surface area contributed by atoms with Crippen molar-refractivity contribution in [2.75, 3.05) is 6.54 Å². The van der Waals surface area contributed by atoms with E-state index in [0.717, 1.165) is 31.4 Å². The lowest BCUT2D eigenvalue weighted by molar-refractivity contribution is 0.00945. The Morgan fingerprint density at radius 2 is 2.15 bits per heavy atom. The highest BCUT2D eigenvalue weighted by Gasteiger charge is 2.31. The summed E-state index contributed by atoms with van der Waals surface area (Å²) in [5.74, 6) is 0. The Morgan fingerprint density at radius 1 is 1.40 bits per heavy atom. The van der Waals surface area contributed by atoms with Gasteiger partial charge in [0.1, 0.15) is 5.60 Å². The molecule has 0 aromatic carbocycles. The van der Waals surface area contributed by atoms with E-state index in [1.807, 2.05) is 44.9 Å². The van der Waals surface area contributed by atoms with Crippen LogP contribution in [-0.2, 0) is 4.74 Å². The number of piperidine rings is 1. The van der Waals surface area contributed by atoms with Crippen LogP contribution in [0.5, 0.6) is 0 Å². The second-order valence-electron chi connectivity index (χ2n) is 6.42. The van der Waals surface area contributed by atoms with Crippen LogP contribution in [0.25, 0.3) is 0 Å². The number of carbonyl (C=O) groups excluding carboxylic acids is 1. The Bertz CT molecular complexity index is 480. The number of pyridine rings is 1. The molecule has 1 amide bonds. The summed E-state index contributed by atoms with van der Waals surface area (Å²) in [5, 5.41) is 0. The average molecular weight is 276 g/mol. The molecule has 0 bridgehead atoms. The summed E-state index contributed by atoms with van der Waals surface area (Å²) >= 11 is 0. The number of aryl methyl sites for hydroxylation is 1. The Balaban J connectivity index is 2.22. The number of hydrogen-bond acceptors (Lipinski definition) is 3. The number of ether oxygens (including phenoxy) is 1. The smallest absolute Gasteiger partial charge is 0.410 e. The van der Waals surface area contributed by atoms with Crippen LogP contribution >= 0.6 is 0 Å². The summed E-state index contributed by atoms with van der Waals surface area (Å²) in [5.41, 5.74) is 1.87. The van der Waals surface area contributed by atoms with Gasteiger partial charge in [-0.25, -0.2) is 4.79 Å². The molecule has 0 saturated carbocycles. The standard InChI is InChI=1S/C16H24N2O2/c1-12-11-17-9-8-13(12)14-7-5-6-10-18(14)15(19)20-16(2,3)4/h8-9,11,14H,5-7,10H2,1-4H3/t14-/m0/s1. The lowest BCUT2D eigenvalue weighted by atomic mass is 9.94.